The van der Waals surface area contributed by atoms with E-state index in [-0.39, 0.29) is 5.91 Å². The third-order valence-corrected chi connectivity index (χ3v) is 2.60. The highest BCUT2D eigenvalue weighted by Crippen LogP contribution is 2.11. The maximum absolute atomic E-state index is 12.0. The van der Waals surface area contributed by atoms with Gasteiger partial charge in [0.2, 0.25) is 0 Å². The third-order valence-electron chi connectivity index (χ3n) is 2.60. The van der Waals surface area contributed by atoms with Gasteiger partial charge in [-0.1, -0.05) is 25.1 Å². The van der Waals surface area contributed by atoms with Crippen molar-refractivity contribution in [1.29, 1.82) is 0 Å². The number of rotatable bonds is 4. The van der Waals surface area contributed by atoms with Crippen LogP contribution < -0.4 is 5.32 Å². The van der Waals surface area contributed by atoms with Gasteiger partial charge in [0, 0.05) is 5.56 Å². The number of aryl methyl sites for hydroxylation is 1. The maximum Gasteiger partial charge on any atom is 0.328 e. The van der Waals surface area contributed by atoms with E-state index in [0.29, 0.717) is 5.56 Å². The van der Waals surface area contributed by atoms with Gasteiger partial charge in [0.05, 0.1) is 0 Å². The number of carboxylic acid groups (broad SMARTS) is 1. The maximum atomic E-state index is 12.0. The molecule has 0 unspecified atom stereocenters. The van der Waals surface area contributed by atoms with Crippen LogP contribution in [0.1, 0.15) is 36.7 Å². The van der Waals surface area contributed by atoms with Crippen LogP contribution in [-0.2, 0) is 11.2 Å². The van der Waals surface area contributed by atoms with Crippen molar-refractivity contribution >= 4 is 11.9 Å². The lowest BCUT2D eigenvalue weighted by Crippen LogP contribution is -2.49. The van der Waals surface area contributed by atoms with Gasteiger partial charge < -0.3 is 10.4 Å². The molecule has 0 aliphatic rings. The van der Waals surface area contributed by atoms with E-state index in [1.807, 2.05) is 19.1 Å². The summed E-state index contributed by atoms with van der Waals surface area (Å²) in [6.07, 6.45) is 0.733. The fourth-order valence-electron chi connectivity index (χ4n) is 1.45. The second-order valence-electron chi connectivity index (χ2n) is 4.39. The first-order chi connectivity index (χ1) is 7.88. The summed E-state index contributed by atoms with van der Waals surface area (Å²) in [6, 6.07) is 7.19. The zero-order valence-corrected chi connectivity index (χ0v) is 10.3. The quantitative estimate of drug-likeness (QED) is 0.836. The van der Waals surface area contributed by atoms with Gasteiger partial charge in [-0.05, 0) is 31.9 Å². The summed E-state index contributed by atoms with van der Waals surface area (Å²) in [7, 11) is 0. The first kappa shape index (κ1) is 13.2. The monoisotopic (exact) mass is 235 g/mol. The molecule has 92 valence electrons. The number of carbonyl (C=O) groups excluding carboxylic acids is 1. The highest BCUT2D eigenvalue weighted by molar-refractivity contribution is 5.98. The number of amides is 1. The van der Waals surface area contributed by atoms with E-state index in [1.54, 1.807) is 12.1 Å². The summed E-state index contributed by atoms with van der Waals surface area (Å²) in [4.78, 5) is 22.9. The number of hydrogen-bond donors (Lipinski definition) is 2. The van der Waals surface area contributed by atoms with Gasteiger partial charge in [0.15, 0.2) is 0 Å². The molecular weight excluding hydrogens is 218 g/mol. The van der Waals surface area contributed by atoms with E-state index >= 15 is 0 Å². The zero-order chi connectivity index (χ0) is 13.1. The Labute approximate surface area is 101 Å². The van der Waals surface area contributed by atoms with Gasteiger partial charge in [-0.3, -0.25) is 4.79 Å². The Hall–Kier alpha value is -1.84. The van der Waals surface area contributed by atoms with Gasteiger partial charge >= 0.3 is 5.97 Å². The molecule has 0 saturated carbocycles. The first-order valence-electron chi connectivity index (χ1n) is 5.52. The zero-order valence-electron chi connectivity index (χ0n) is 10.3. The molecule has 0 atom stereocenters. The van der Waals surface area contributed by atoms with Crippen LogP contribution >= 0.6 is 0 Å². The van der Waals surface area contributed by atoms with Crippen molar-refractivity contribution in [2.24, 2.45) is 0 Å². The van der Waals surface area contributed by atoms with E-state index < -0.39 is 11.5 Å². The molecule has 1 amide bonds. The topological polar surface area (TPSA) is 66.4 Å². The number of carbonyl (C=O) groups is 2. The Morgan fingerprint density at radius 2 is 1.88 bits per heavy atom. The Morgan fingerprint density at radius 3 is 2.41 bits per heavy atom. The van der Waals surface area contributed by atoms with Gasteiger partial charge in [-0.15, -0.1) is 0 Å². The van der Waals surface area contributed by atoms with Gasteiger partial charge in [0.1, 0.15) is 5.54 Å². The number of nitrogens with one attached hydrogen (secondary N) is 1. The Kier molecular flexibility index (Phi) is 3.89. The van der Waals surface area contributed by atoms with E-state index in [0.717, 1.165) is 12.0 Å². The molecule has 0 aliphatic carbocycles. The average Bonchev–Trinajstić information content (AvgIpc) is 2.28. The first-order valence-corrected chi connectivity index (χ1v) is 5.52. The number of aliphatic carboxylic acids is 1. The summed E-state index contributed by atoms with van der Waals surface area (Å²) in [5.41, 5.74) is 0.174. The Balaban J connectivity index is 2.94. The van der Waals surface area contributed by atoms with Crippen LogP contribution in [0.3, 0.4) is 0 Å². The fourth-order valence-corrected chi connectivity index (χ4v) is 1.45. The van der Waals surface area contributed by atoms with Crippen molar-refractivity contribution in [2.45, 2.75) is 32.7 Å². The van der Waals surface area contributed by atoms with Crippen LogP contribution in [0.5, 0.6) is 0 Å². The van der Waals surface area contributed by atoms with Crippen LogP contribution in [-0.4, -0.2) is 22.5 Å². The van der Waals surface area contributed by atoms with Crippen molar-refractivity contribution in [1.82, 2.24) is 5.32 Å². The molecule has 1 aromatic carbocycles. The SMILES string of the molecule is CCc1ccccc1C(=O)NC(C)(C)C(=O)O. The molecule has 0 bridgehead atoms. The minimum Gasteiger partial charge on any atom is -0.480 e. The average molecular weight is 235 g/mol. The molecule has 0 saturated heterocycles. The van der Waals surface area contributed by atoms with Crippen molar-refractivity contribution in [3.8, 4) is 0 Å². The lowest BCUT2D eigenvalue weighted by molar-refractivity contribution is -0.143. The number of hydrogen-bond acceptors (Lipinski definition) is 2. The summed E-state index contributed by atoms with van der Waals surface area (Å²) in [6.45, 7) is 4.87. The summed E-state index contributed by atoms with van der Waals surface area (Å²) in [5.74, 6) is -1.41. The molecule has 1 rings (SSSR count). The predicted molar refractivity (Wildman–Crippen MR) is 65.0 cm³/mol. The predicted octanol–water partition coefficient (Wildman–Crippen LogP) is 1.84. The Bertz CT molecular complexity index is 438. The molecule has 0 spiro atoms. The molecule has 2 N–H and O–H groups in total. The van der Waals surface area contributed by atoms with Crippen molar-refractivity contribution in [2.75, 3.05) is 0 Å². The molecule has 0 radical (unpaired) electrons. The van der Waals surface area contributed by atoms with E-state index in [1.165, 1.54) is 13.8 Å². The third kappa shape index (κ3) is 3.06. The number of benzene rings is 1. The molecule has 0 heterocycles. The van der Waals surface area contributed by atoms with Crippen LogP contribution in [0.25, 0.3) is 0 Å². The van der Waals surface area contributed by atoms with E-state index in [2.05, 4.69) is 5.32 Å². The lowest BCUT2D eigenvalue weighted by atomic mass is 10.0. The fraction of sp³-hybridized carbons (Fsp3) is 0.385. The molecule has 17 heavy (non-hydrogen) atoms. The molecule has 0 fully saturated rings. The molecule has 4 heteroatoms. The van der Waals surface area contributed by atoms with E-state index in [4.69, 9.17) is 5.11 Å². The minimum atomic E-state index is -1.27. The van der Waals surface area contributed by atoms with Crippen molar-refractivity contribution < 1.29 is 14.7 Å². The summed E-state index contributed by atoms with van der Waals surface area (Å²) in [5, 5.41) is 11.5. The van der Waals surface area contributed by atoms with Crippen LogP contribution in [0.4, 0.5) is 0 Å². The van der Waals surface area contributed by atoms with Crippen molar-refractivity contribution in [3.05, 3.63) is 35.4 Å². The summed E-state index contributed by atoms with van der Waals surface area (Å²) >= 11 is 0. The molecule has 0 aromatic heterocycles. The second-order valence-corrected chi connectivity index (χ2v) is 4.39. The smallest absolute Gasteiger partial charge is 0.328 e. The minimum absolute atomic E-state index is 0.352. The summed E-state index contributed by atoms with van der Waals surface area (Å²) < 4.78 is 0. The number of carboxylic acids is 1. The van der Waals surface area contributed by atoms with Crippen LogP contribution in [0.15, 0.2) is 24.3 Å². The molecule has 4 nitrogen and oxygen atoms in total. The largest absolute Gasteiger partial charge is 0.480 e. The normalized spacial score (nSPS) is 11.0. The lowest BCUT2D eigenvalue weighted by Gasteiger charge is -2.21. The Morgan fingerprint density at radius 1 is 1.29 bits per heavy atom. The molecule has 1 aromatic rings. The molecule has 0 aliphatic heterocycles. The van der Waals surface area contributed by atoms with Gasteiger partial charge in [0.25, 0.3) is 5.91 Å². The van der Waals surface area contributed by atoms with E-state index in [9.17, 15) is 9.59 Å². The second kappa shape index (κ2) is 4.99. The van der Waals surface area contributed by atoms with Gasteiger partial charge in [-0.2, -0.15) is 0 Å². The van der Waals surface area contributed by atoms with Crippen LogP contribution in [0.2, 0.25) is 0 Å². The standard InChI is InChI=1S/C13H17NO3/c1-4-9-7-5-6-8-10(9)11(15)14-13(2,3)12(16)17/h5-8H,4H2,1-3H3,(H,14,15)(H,16,17). The highest BCUT2D eigenvalue weighted by atomic mass is 16.4. The van der Waals surface area contributed by atoms with Crippen molar-refractivity contribution in [3.63, 3.8) is 0 Å². The highest BCUT2D eigenvalue weighted by Gasteiger charge is 2.29. The van der Waals surface area contributed by atoms with Crippen LogP contribution in [0, 0.1) is 0 Å². The molecular formula is C13H17NO3. The van der Waals surface area contributed by atoms with Gasteiger partial charge in [-0.25, -0.2) is 4.79 Å².